The summed E-state index contributed by atoms with van der Waals surface area (Å²) in [6.07, 6.45) is -1.56. The van der Waals surface area contributed by atoms with Gasteiger partial charge in [-0.1, -0.05) is 24.3 Å². The minimum atomic E-state index is -1.39. The Morgan fingerprint density at radius 1 is 0.405 bits per heavy atom. The van der Waals surface area contributed by atoms with E-state index in [9.17, 15) is 0 Å². The van der Waals surface area contributed by atoms with Crippen LogP contribution in [0, 0.1) is 0 Å². The van der Waals surface area contributed by atoms with Gasteiger partial charge in [0.25, 0.3) is 0 Å². The smallest absolute Gasteiger partial charge is 0.227 e. The molecule has 0 radical (unpaired) electrons. The van der Waals surface area contributed by atoms with Gasteiger partial charge in [-0.2, -0.15) is 0 Å². The molecule has 1 fully saturated rings. The van der Waals surface area contributed by atoms with Gasteiger partial charge in [0.05, 0.1) is 28.4 Å². The van der Waals surface area contributed by atoms with Crippen molar-refractivity contribution < 1.29 is 37.9 Å². The molecule has 42 heavy (non-hydrogen) atoms. The molecule has 0 bridgehead atoms. The summed E-state index contributed by atoms with van der Waals surface area (Å²) >= 11 is 0. The molecule has 1 aliphatic heterocycles. The summed E-state index contributed by atoms with van der Waals surface area (Å²) < 4.78 is 48.8. The van der Waals surface area contributed by atoms with Crippen molar-refractivity contribution in [3.05, 3.63) is 119 Å². The quantitative estimate of drug-likeness (QED) is 0.212. The van der Waals surface area contributed by atoms with Crippen LogP contribution in [0.2, 0.25) is 0 Å². The number of rotatable bonds is 10. The van der Waals surface area contributed by atoms with Gasteiger partial charge >= 0.3 is 0 Å². The maximum Gasteiger partial charge on any atom is 0.227 e. The molecule has 1 saturated heterocycles. The summed E-state index contributed by atoms with van der Waals surface area (Å²) in [4.78, 5) is 0. The van der Waals surface area contributed by atoms with E-state index in [4.69, 9.17) is 37.9 Å². The average Bonchev–Trinajstić information content (AvgIpc) is 3.08. The summed E-state index contributed by atoms with van der Waals surface area (Å²) in [6, 6.07) is 30.4. The molecule has 0 saturated carbocycles. The van der Waals surface area contributed by atoms with E-state index in [-0.39, 0.29) is 0 Å². The first-order valence-electron chi connectivity index (χ1n) is 13.5. The Labute approximate surface area is 246 Å². The van der Waals surface area contributed by atoms with Crippen molar-refractivity contribution in [2.75, 3.05) is 42.7 Å². The zero-order valence-electron chi connectivity index (χ0n) is 24.7. The average molecular weight is 573 g/mol. The first-order valence-corrected chi connectivity index (χ1v) is 13.5. The van der Waals surface area contributed by atoms with Gasteiger partial charge in [0, 0.05) is 25.3 Å². The molecular formula is C34H36O8. The molecule has 1 heterocycles. The minimum Gasteiger partial charge on any atom is -0.497 e. The molecule has 4 aromatic rings. The second kappa shape index (κ2) is 12.4. The fourth-order valence-corrected chi connectivity index (χ4v) is 5.39. The van der Waals surface area contributed by atoms with Crippen LogP contribution in [-0.2, 0) is 30.5 Å². The highest BCUT2D eigenvalue weighted by molar-refractivity contribution is 5.40. The number of benzene rings is 4. The Morgan fingerprint density at radius 3 is 0.905 bits per heavy atom. The normalized spacial score (nSPS) is 23.7. The van der Waals surface area contributed by atoms with Crippen LogP contribution in [-0.4, -0.2) is 42.7 Å². The van der Waals surface area contributed by atoms with Crippen LogP contribution in [0.3, 0.4) is 0 Å². The predicted octanol–water partition coefficient (Wildman–Crippen LogP) is 6.55. The van der Waals surface area contributed by atoms with Crippen LogP contribution in [0.5, 0.6) is 23.0 Å². The van der Waals surface area contributed by atoms with Crippen molar-refractivity contribution >= 4 is 0 Å². The highest BCUT2D eigenvalue weighted by Gasteiger charge is 2.60. The van der Waals surface area contributed by atoms with E-state index < -0.39 is 23.8 Å². The molecule has 0 N–H and O–H groups in total. The number of methoxy groups -OCH3 is 6. The first kappa shape index (κ1) is 29.4. The third-order valence-corrected chi connectivity index (χ3v) is 7.70. The van der Waals surface area contributed by atoms with Crippen LogP contribution in [0.4, 0.5) is 0 Å². The second-order valence-electron chi connectivity index (χ2n) is 9.74. The molecule has 0 aliphatic carbocycles. The van der Waals surface area contributed by atoms with Gasteiger partial charge in [-0.05, 0) is 83.9 Å². The molecule has 0 spiro atoms. The molecule has 8 heteroatoms. The van der Waals surface area contributed by atoms with Crippen molar-refractivity contribution in [1.29, 1.82) is 0 Å². The third-order valence-electron chi connectivity index (χ3n) is 7.70. The van der Waals surface area contributed by atoms with Gasteiger partial charge in [0.2, 0.25) is 11.6 Å². The van der Waals surface area contributed by atoms with Crippen molar-refractivity contribution in [2.45, 2.75) is 23.8 Å². The largest absolute Gasteiger partial charge is 0.497 e. The summed E-state index contributed by atoms with van der Waals surface area (Å²) in [5.41, 5.74) is 3.09. The van der Waals surface area contributed by atoms with E-state index >= 15 is 0 Å². The van der Waals surface area contributed by atoms with E-state index in [1.807, 2.05) is 97.1 Å². The highest BCUT2D eigenvalue weighted by atomic mass is 16.8. The molecule has 4 atom stereocenters. The van der Waals surface area contributed by atoms with Gasteiger partial charge in [0.1, 0.15) is 35.2 Å². The summed E-state index contributed by atoms with van der Waals surface area (Å²) in [7, 11) is 9.74. The standard InChI is InChI=1S/C34H36O8/c1-35-27-15-7-23(8-16-27)31-33(39-5,25-11-19-29(37-3)20-12-25)42-32(24-9-17-28(36-2)18-10-24)34(40-6,41-31)26-13-21-30(38-4)22-14-26/h7-22,31-32H,1-6H3. The highest BCUT2D eigenvalue weighted by Crippen LogP contribution is 2.58. The zero-order chi connectivity index (χ0) is 29.7. The Bertz CT molecular complexity index is 1320. The van der Waals surface area contributed by atoms with Crippen LogP contribution in [0.1, 0.15) is 34.5 Å². The maximum absolute atomic E-state index is 7.17. The van der Waals surface area contributed by atoms with E-state index in [1.165, 1.54) is 0 Å². The minimum absolute atomic E-state index is 0.707. The lowest BCUT2D eigenvalue weighted by Gasteiger charge is -2.54. The lowest BCUT2D eigenvalue weighted by molar-refractivity contribution is -0.454. The SMILES string of the molecule is COc1ccc(C2OC(OC)(c3ccc(OC)cc3)C(c3ccc(OC)cc3)OC2(OC)c2ccc(OC)cc2)cc1. The van der Waals surface area contributed by atoms with E-state index in [2.05, 4.69) is 0 Å². The molecule has 4 unspecified atom stereocenters. The number of ether oxygens (including phenoxy) is 8. The fraction of sp³-hybridized carbons (Fsp3) is 0.294. The Hall–Kier alpha value is -4.08. The van der Waals surface area contributed by atoms with E-state index in [0.29, 0.717) is 23.0 Å². The molecule has 220 valence electrons. The lowest BCUT2D eigenvalue weighted by atomic mass is 9.86. The Balaban J connectivity index is 1.75. The van der Waals surface area contributed by atoms with Gasteiger partial charge < -0.3 is 37.9 Å². The zero-order valence-corrected chi connectivity index (χ0v) is 24.7. The summed E-state index contributed by atoms with van der Waals surface area (Å²) in [5.74, 6) is 0.0668. The van der Waals surface area contributed by atoms with Crippen LogP contribution >= 0.6 is 0 Å². The van der Waals surface area contributed by atoms with Crippen molar-refractivity contribution in [1.82, 2.24) is 0 Å². The van der Waals surface area contributed by atoms with Crippen molar-refractivity contribution in [3.8, 4) is 23.0 Å². The molecule has 8 nitrogen and oxygen atoms in total. The second-order valence-corrected chi connectivity index (χ2v) is 9.74. The maximum atomic E-state index is 7.17. The lowest BCUT2D eigenvalue weighted by Crippen LogP contribution is -2.55. The molecule has 0 aromatic heterocycles. The first-order chi connectivity index (χ1) is 20.5. The van der Waals surface area contributed by atoms with Crippen LogP contribution in [0.25, 0.3) is 0 Å². The Morgan fingerprint density at radius 2 is 0.667 bits per heavy atom. The molecule has 5 rings (SSSR count). The molecule has 4 aromatic carbocycles. The predicted molar refractivity (Wildman–Crippen MR) is 157 cm³/mol. The van der Waals surface area contributed by atoms with Gasteiger partial charge in [-0.25, -0.2) is 0 Å². The topological polar surface area (TPSA) is 73.8 Å². The molecule has 1 aliphatic rings. The van der Waals surface area contributed by atoms with Gasteiger partial charge in [0.15, 0.2) is 0 Å². The molecular weight excluding hydrogens is 536 g/mol. The fourth-order valence-electron chi connectivity index (χ4n) is 5.39. The van der Waals surface area contributed by atoms with Gasteiger partial charge in [-0.15, -0.1) is 0 Å². The number of hydrogen-bond donors (Lipinski definition) is 0. The summed E-state index contributed by atoms with van der Waals surface area (Å²) in [5, 5.41) is 0. The van der Waals surface area contributed by atoms with Crippen molar-refractivity contribution in [2.24, 2.45) is 0 Å². The number of hydrogen-bond acceptors (Lipinski definition) is 8. The van der Waals surface area contributed by atoms with E-state index in [1.54, 1.807) is 42.7 Å². The van der Waals surface area contributed by atoms with Crippen molar-refractivity contribution in [3.63, 3.8) is 0 Å². The van der Waals surface area contributed by atoms with Crippen LogP contribution < -0.4 is 18.9 Å². The Kier molecular flexibility index (Phi) is 8.70. The third kappa shape index (κ3) is 5.18. The van der Waals surface area contributed by atoms with E-state index in [0.717, 1.165) is 22.3 Å². The van der Waals surface area contributed by atoms with Crippen LogP contribution in [0.15, 0.2) is 97.1 Å². The summed E-state index contributed by atoms with van der Waals surface area (Å²) in [6.45, 7) is 0. The molecule has 0 amide bonds. The monoisotopic (exact) mass is 572 g/mol. The van der Waals surface area contributed by atoms with Gasteiger partial charge in [-0.3, -0.25) is 0 Å².